The standard InChI is InChI=1S/C18H25N3/c1-15-17(14-21(20-15)18-9-5-6-10-18)13-19-12-11-16-7-3-2-4-8-16/h2-4,7-8,14,18-19H,5-6,9-13H2,1H3. The number of rotatable bonds is 6. The van der Waals surface area contributed by atoms with Crippen LogP contribution in [-0.2, 0) is 13.0 Å². The molecule has 21 heavy (non-hydrogen) atoms. The van der Waals surface area contributed by atoms with Gasteiger partial charge in [-0.15, -0.1) is 0 Å². The Morgan fingerprint density at radius 2 is 1.95 bits per heavy atom. The third kappa shape index (κ3) is 3.73. The summed E-state index contributed by atoms with van der Waals surface area (Å²) in [5, 5.41) is 8.25. The molecule has 3 rings (SSSR count). The van der Waals surface area contributed by atoms with Crippen molar-refractivity contribution in [2.24, 2.45) is 0 Å². The maximum absolute atomic E-state index is 4.71. The van der Waals surface area contributed by atoms with Gasteiger partial charge in [0.1, 0.15) is 0 Å². The third-order valence-electron chi connectivity index (χ3n) is 4.47. The Kier molecular flexibility index (Phi) is 4.71. The Morgan fingerprint density at radius 1 is 1.19 bits per heavy atom. The summed E-state index contributed by atoms with van der Waals surface area (Å²) in [6, 6.07) is 11.3. The van der Waals surface area contributed by atoms with Crippen molar-refractivity contribution in [3.8, 4) is 0 Å². The minimum Gasteiger partial charge on any atom is -0.312 e. The Morgan fingerprint density at radius 3 is 2.71 bits per heavy atom. The van der Waals surface area contributed by atoms with Gasteiger partial charge < -0.3 is 5.32 Å². The molecule has 0 aliphatic heterocycles. The van der Waals surface area contributed by atoms with E-state index in [2.05, 4.69) is 53.5 Å². The number of hydrogen-bond donors (Lipinski definition) is 1. The van der Waals surface area contributed by atoms with Crippen molar-refractivity contribution in [3.63, 3.8) is 0 Å². The van der Waals surface area contributed by atoms with Crippen molar-refractivity contribution in [2.75, 3.05) is 6.54 Å². The largest absolute Gasteiger partial charge is 0.312 e. The summed E-state index contributed by atoms with van der Waals surface area (Å²) in [6.07, 6.45) is 8.63. The van der Waals surface area contributed by atoms with Gasteiger partial charge in [-0.3, -0.25) is 4.68 Å². The first-order valence-corrected chi connectivity index (χ1v) is 8.12. The van der Waals surface area contributed by atoms with E-state index in [1.807, 2.05) is 0 Å². The number of aryl methyl sites for hydroxylation is 1. The molecular weight excluding hydrogens is 258 g/mol. The second kappa shape index (κ2) is 6.90. The lowest BCUT2D eigenvalue weighted by atomic mass is 10.1. The molecule has 0 saturated heterocycles. The number of nitrogens with one attached hydrogen (secondary N) is 1. The van der Waals surface area contributed by atoms with E-state index >= 15 is 0 Å². The molecule has 1 fully saturated rings. The van der Waals surface area contributed by atoms with Crippen molar-refractivity contribution in [1.29, 1.82) is 0 Å². The van der Waals surface area contributed by atoms with E-state index in [0.717, 1.165) is 19.5 Å². The molecule has 0 spiro atoms. The summed E-state index contributed by atoms with van der Waals surface area (Å²) in [7, 11) is 0. The molecule has 1 aliphatic rings. The molecule has 1 heterocycles. The summed E-state index contributed by atoms with van der Waals surface area (Å²) in [6.45, 7) is 4.06. The highest BCUT2D eigenvalue weighted by Crippen LogP contribution is 2.29. The molecule has 1 aromatic heterocycles. The number of benzene rings is 1. The van der Waals surface area contributed by atoms with Gasteiger partial charge in [0.25, 0.3) is 0 Å². The van der Waals surface area contributed by atoms with Crippen molar-refractivity contribution in [3.05, 3.63) is 53.3 Å². The van der Waals surface area contributed by atoms with Gasteiger partial charge in [-0.1, -0.05) is 43.2 Å². The molecule has 0 atom stereocenters. The van der Waals surface area contributed by atoms with Crippen molar-refractivity contribution in [2.45, 2.75) is 51.6 Å². The summed E-state index contributed by atoms with van der Waals surface area (Å²) >= 11 is 0. The quantitative estimate of drug-likeness (QED) is 0.820. The van der Waals surface area contributed by atoms with Gasteiger partial charge in [0.15, 0.2) is 0 Å². The maximum Gasteiger partial charge on any atom is 0.0638 e. The van der Waals surface area contributed by atoms with Crippen LogP contribution in [-0.4, -0.2) is 16.3 Å². The van der Waals surface area contributed by atoms with Crippen LogP contribution < -0.4 is 5.32 Å². The van der Waals surface area contributed by atoms with Crippen LogP contribution in [0.4, 0.5) is 0 Å². The lowest BCUT2D eigenvalue weighted by molar-refractivity contribution is 0.464. The SMILES string of the molecule is Cc1nn(C2CCCC2)cc1CNCCc1ccccc1. The van der Waals surface area contributed by atoms with Crippen LogP contribution in [0.25, 0.3) is 0 Å². The zero-order valence-electron chi connectivity index (χ0n) is 12.9. The second-order valence-electron chi connectivity index (χ2n) is 6.07. The fourth-order valence-corrected chi connectivity index (χ4v) is 3.15. The molecule has 1 N–H and O–H groups in total. The highest BCUT2D eigenvalue weighted by Gasteiger charge is 2.18. The minimum absolute atomic E-state index is 0.641. The molecule has 0 bridgehead atoms. The van der Waals surface area contributed by atoms with E-state index in [1.54, 1.807) is 0 Å². The van der Waals surface area contributed by atoms with Gasteiger partial charge in [-0.2, -0.15) is 5.10 Å². The average molecular weight is 283 g/mol. The molecule has 1 aliphatic carbocycles. The lowest BCUT2D eigenvalue weighted by Gasteiger charge is -2.08. The van der Waals surface area contributed by atoms with Crippen LogP contribution in [0.15, 0.2) is 36.5 Å². The molecule has 112 valence electrons. The van der Waals surface area contributed by atoms with E-state index in [4.69, 9.17) is 5.10 Å². The van der Waals surface area contributed by atoms with Crippen LogP contribution in [0.1, 0.15) is 48.5 Å². The summed E-state index contributed by atoms with van der Waals surface area (Å²) in [4.78, 5) is 0. The van der Waals surface area contributed by atoms with Crippen molar-refractivity contribution >= 4 is 0 Å². The van der Waals surface area contributed by atoms with Gasteiger partial charge in [0.05, 0.1) is 11.7 Å². The predicted molar refractivity (Wildman–Crippen MR) is 86.3 cm³/mol. The minimum atomic E-state index is 0.641. The van der Waals surface area contributed by atoms with E-state index in [1.165, 1.54) is 42.5 Å². The van der Waals surface area contributed by atoms with Crippen molar-refractivity contribution in [1.82, 2.24) is 15.1 Å². The molecule has 0 unspecified atom stereocenters. The zero-order chi connectivity index (χ0) is 14.5. The molecule has 1 saturated carbocycles. The van der Waals surface area contributed by atoms with Crippen molar-refractivity contribution < 1.29 is 0 Å². The number of hydrogen-bond acceptors (Lipinski definition) is 2. The van der Waals surface area contributed by atoms with Gasteiger partial charge in [-0.05, 0) is 38.3 Å². The molecule has 2 aromatic rings. The normalized spacial score (nSPS) is 15.7. The summed E-state index contributed by atoms with van der Waals surface area (Å²) < 4.78 is 2.20. The van der Waals surface area contributed by atoms with Gasteiger partial charge in [0.2, 0.25) is 0 Å². The van der Waals surface area contributed by atoms with Gasteiger partial charge in [-0.25, -0.2) is 0 Å². The third-order valence-corrected chi connectivity index (χ3v) is 4.47. The molecule has 3 nitrogen and oxygen atoms in total. The predicted octanol–water partition coefficient (Wildman–Crippen LogP) is 3.64. The lowest BCUT2D eigenvalue weighted by Crippen LogP contribution is -2.16. The molecule has 0 amide bonds. The summed E-state index contributed by atoms with van der Waals surface area (Å²) in [5.41, 5.74) is 3.91. The Hall–Kier alpha value is -1.61. The highest BCUT2D eigenvalue weighted by molar-refractivity contribution is 5.17. The number of nitrogens with zero attached hydrogens (tertiary/aromatic N) is 2. The van der Waals surface area contributed by atoms with E-state index < -0.39 is 0 Å². The highest BCUT2D eigenvalue weighted by atomic mass is 15.3. The first kappa shape index (κ1) is 14.3. The first-order chi connectivity index (χ1) is 10.3. The first-order valence-electron chi connectivity index (χ1n) is 8.12. The van der Waals surface area contributed by atoms with Crippen LogP contribution in [0.3, 0.4) is 0 Å². The fourth-order valence-electron chi connectivity index (χ4n) is 3.15. The topological polar surface area (TPSA) is 29.9 Å². The van der Waals surface area contributed by atoms with Crippen LogP contribution in [0, 0.1) is 6.92 Å². The van der Waals surface area contributed by atoms with Crippen LogP contribution >= 0.6 is 0 Å². The van der Waals surface area contributed by atoms with E-state index in [0.29, 0.717) is 6.04 Å². The zero-order valence-corrected chi connectivity index (χ0v) is 12.9. The fraction of sp³-hybridized carbons (Fsp3) is 0.500. The monoisotopic (exact) mass is 283 g/mol. The smallest absolute Gasteiger partial charge is 0.0638 e. The Bertz CT molecular complexity index is 553. The van der Waals surface area contributed by atoms with E-state index in [9.17, 15) is 0 Å². The average Bonchev–Trinajstić information content (AvgIpc) is 3.15. The Labute approximate surface area is 127 Å². The Balaban J connectivity index is 1.49. The second-order valence-corrected chi connectivity index (χ2v) is 6.07. The maximum atomic E-state index is 4.71. The molecule has 3 heteroatoms. The van der Waals surface area contributed by atoms with Crippen LogP contribution in [0.5, 0.6) is 0 Å². The number of aromatic nitrogens is 2. The van der Waals surface area contributed by atoms with E-state index in [-0.39, 0.29) is 0 Å². The molecule has 1 aromatic carbocycles. The van der Waals surface area contributed by atoms with Crippen LogP contribution in [0.2, 0.25) is 0 Å². The molecular formula is C18H25N3. The molecule has 0 radical (unpaired) electrons. The van der Waals surface area contributed by atoms with Gasteiger partial charge in [0, 0.05) is 18.3 Å². The van der Waals surface area contributed by atoms with Gasteiger partial charge >= 0.3 is 0 Å². The summed E-state index contributed by atoms with van der Waals surface area (Å²) in [5.74, 6) is 0.